The maximum Gasteiger partial charge on any atom is 0.256 e. The Balaban J connectivity index is 2.06. The Hall–Kier alpha value is -2.88. The molecule has 1 aromatic heterocycles. The molecule has 25 heavy (non-hydrogen) atoms. The molecule has 130 valence electrons. The van der Waals surface area contributed by atoms with E-state index in [1.807, 2.05) is 0 Å². The Morgan fingerprint density at radius 1 is 1.24 bits per heavy atom. The average molecular weight is 340 g/mol. The van der Waals surface area contributed by atoms with Gasteiger partial charge in [0, 0.05) is 12.7 Å². The fourth-order valence-corrected chi connectivity index (χ4v) is 1.81. The number of amides is 1. The molecule has 0 unspecified atom stereocenters. The first-order chi connectivity index (χ1) is 11.9. The van der Waals surface area contributed by atoms with Crippen molar-refractivity contribution in [1.29, 1.82) is 0 Å². The van der Waals surface area contributed by atoms with Crippen molar-refractivity contribution in [1.82, 2.24) is 4.98 Å². The lowest BCUT2D eigenvalue weighted by molar-refractivity contribution is 0.0511. The Morgan fingerprint density at radius 2 is 1.96 bits per heavy atom. The summed E-state index contributed by atoms with van der Waals surface area (Å²) in [6.45, 7) is 3.32. The average Bonchev–Trinajstić information content (AvgIpc) is 2.58. The molecule has 0 aliphatic rings. The van der Waals surface area contributed by atoms with Gasteiger partial charge in [-0.2, -0.15) is 0 Å². The van der Waals surface area contributed by atoms with E-state index in [1.165, 1.54) is 7.11 Å². The number of pyridine rings is 1. The molecular formula is C19H20N2O4. The highest BCUT2D eigenvalue weighted by atomic mass is 16.7. The van der Waals surface area contributed by atoms with E-state index in [0.29, 0.717) is 22.8 Å². The summed E-state index contributed by atoms with van der Waals surface area (Å²) < 4.78 is 10.1. The van der Waals surface area contributed by atoms with Gasteiger partial charge in [0.25, 0.3) is 5.91 Å². The van der Waals surface area contributed by atoms with Gasteiger partial charge in [-0.25, -0.2) is 4.98 Å². The number of methoxy groups -OCH3 is 1. The molecule has 0 saturated heterocycles. The molecule has 1 heterocycles. The van der Waals surface area contributed by atoms with Crippen molar-refractivity contribution in [3.8, 4) is 17.6 Å². The van der Waals surface area contributed by atoms with Crippen LogP contribution in [0, 0.1) is 11.8 Å². The largest absolute Gasteiger partial charge is 0.468 e. The van der Waals surface area contributed by atoms with Crippen molar-refractivity contribution in [2.24, 2.45) is 0 Å². The predicted octanol–water partition coefficient (Wildman–Crippen LogP) is 2.44. The SMILES string of the molecule is COCOc1ccc(C(=O)Nc2cccc(C#CC(C)(C)O)n2)cc1. The minimum atomic E-state index is -1.10. The van der Waals surface area contributed by atoms with Crippen LogP contribution in [0.15, 0.2) is 42.5 Å². The van der Waals surface area contributed by atoms with E-state index in [1.54, 1.807) is 56.3 Å². The molecule has 0 bridgehead atoms. The molecule has 6 nitrogen and oxygen atoms in total. The number of nitrogens with one attached hydrogen (secondary N) is 1. The summed E-state index contributed by atoms with van der Waals surface area (Å²) in [7, 11) is 1.54. The fourth-order valence-electron chi connectivity index (χ4n) is 1.81. The second kappa shape index (κ2) is 8.29. The quantitative estimate of drug-likeness (QED) is 0.645. The van der Waals surface area contributed by atoms with E-state index in [9.17, 15) is 9.90 Å². The van der Waals surface area contributed by atoms with Gasteiger partial charge >= 0.3 is 0 Å². The van der Waals surface area contributed by atoms with Crippen LogP contribution in [0.3, 0.4) is 0 Å². The van der Waals surface area contributed by atoms with Gasteiger partial charge in [-0.05, 0) is 56.2 Å². The zero-order chi connectivity index (χ0) is 18.3. The van der Waals surface area contributed by atoms with Crippen molar-refractivity contribution in [2.75, 3.05) is 19.2 Å². The van der Waals surface area contributed by atoms with Crippen molar-refractivity contribution < 1.29 is 19.4 Å². The molecule has 6 heteroatoms. The van der Waals surface area contributed by atoms with E-state index in [0.717, 1.165) is 0 Å². The van der Waals surface area contributed by atoms with Crippen LogP contribution in [0.2, 0.25) is 0 Å². The Bertz CT molecular complexity index is 784. The van der Waals surface area contributed by atoms with Gasteiger partial charge in [-0.3, -0.25) is 4.79 Å². The summed E-state index contributed by atoms with van der Waals surface area (Å²) in [5.74, 6) is 6.15. The zero-order valence-electron chi connectivity index (χ0n) is 14.4. The van der Waals surface area contributed by atoms with Crippen LogP contribution in [0.5, 0.6) is 5.75 Å². The number of nitrogens with zero attached hydrogens (tertiary/aromatic N) is 1. The molecule has 0 radical (unpaired) electrons. The third-order valence-corrected chi connectivity index (χ3v) is 2.95. The van der Waals surface area contributed by atoms with Crippen LogP contribution in [-0.4, -0.2) is 35.5 Å². The third-order valence-electron chi connectivity index (χ3n) is 2.95. The molecule has 0 aliphatic carbocycles. The second-order valence-electron chi connectivity index (χ2n) is 5.75. The first-order valence-corrected chi connectivity index (χ1v) is 7.63. The van der Waals surface area contributed by atoms with Crippen LogP contribution in [-0.2, 0) is 4.74 Å². The lowest BCUT2D eigenvalue weighted by Gasteiger charge is -2.07. The molecule has 0 saturated carbocycles. The number of benzene rings is 1. The maximum absolute atomic E-state index is 12.3. The van der Waals surface area contributed by atoms with Crippen LogP contribution in [0.1, 0.15) is 29.9 Å². The van der Waals surface area contributed by atoms with Crippen molar-refractivity contribution in [3.05, 3.63) is 53.7 Å². The second-order valence-corrected chi connectivity index (χ2v) is 5.75. The molecule has 0 spiro atoms. The van der Waals surface area contributed by atoms with E-state index in [4.69, 9.17) is 9.47 Å². The van der Waals surface area contributed by atoms with Crippen LogP contribution >= 0.6 is 0 Å². The maximum atomic E-state index is 12.3. The number of carbonyl (C=O) groups excluding carboxylic acids is 1. The van der Waals surface area contributed by atoms with E-state index in [2.05, 4.69) is 22.1 Å². The standard InChI is InChI=1S/C19H20N2O4/c1-19(2,23)12-11-15-5-4-6-17(20-15)21-18(22)14-7-9-16(10-8-14)25-13-24-3/h4-10,23H,13H2,1-3H3,(H,20,21,22). The van der Waals surface area contributed by atoms with Gasteiger partial charge in [-0.15, -0.1) is 0 Å². The fraction of sp³-hybridized carbons (Fsp3) is 0.263. The van der Waals surface area contributed by atoms with Crippen LogP contribution in [0.4, 0.5) is 5.82 Å². The molecular weight excluding hydrogens is 320 g/mol. The summed E-state index contributed by atoms with van der Waals surface area (Å²) in [5, 5.41) is 12.3. The number of aromatic nitrogens is 1. The van der Waals surface area contributed by atoms with Gasteiger partial charge in [0.2, 0.25) is 0 Å². The lowest BCUT2D eigenvalue weighted by atomic mass is 10.1. The highest BCUT2D eigenvalue weighted by Gasteiger charge is 2.08. The van der Waals surface area contributed by atoms with Gasteiger partial charge in [-0.1, -0.05) is 12.0 Å². The minimum Gasteiger partial charge on any atom is -0.468 e. The lowest BCUT2D eigenvalue weighted by Crippen LogP contribution is -2.15. The van der Waals surface area contributed by atoms with Crippen molar-refractivity contribution >= 4 is 11.7 Å². The van der Waals surface area contributed by atoms with Gasteiger partial charge in [0.05, 0.1) is 0 Å². The molecule has 2 aromatic rings. The Kier molecular flexibility index (Phi) is 6.12. The van der Waals surface area contributed by atoms with E-state index < -0.39 is 5.60 Å². The topological polar surface area (TPSA) is 80.7 Å². The Morgan fingerprint density at radius 3 is 2.60 bits per heavy atom. The van der Waals surface area contributed by atoms with Crippen LogP contribution < -0.4 is 10.1 Å². The number of aliphatic hydroxyl groups is 1. The summed E-state index contributed by atoms with van der Waals surface area (Å²) in [4.78, 5) is 16.5. The first-order valence-electron chi connectivity index (χ1n) is 7.63. The number of carbonyl (C=O) groups is 1. The summed E-state index contributed by atoms with van der Waals surface area (Å²) in [5.41, 5.74) is -0.170. The highest BCUT2D eigenvalue weighted by molar-refractivity contribution is 6.03. The van der Waals surface area contributed by atoms with Crippen molar-refractivity contribution in [3.63, 3.8) is 0 Å². The molecule has 0 fully saturated rings. The van der Waals surface area contributed by atoms with Gasteiger partial charge in [0.15, 0.2) is 6.79 Å². The minimum absolute atomic E-state index is 0.147. The van der Waals surface area contributed by atoms with Crippen LogP contribution in [0.25, 0.3) is 0 Å². The van der Waals surface area contributed by atoms with E-state index >= 15 is 0 Å². The number of hydrogen-bond donors (Lipinski definition) is 2. The zero-order valence-corrected chi connectivity index (χ0v) is 14.4. The molecule has 1 aromatic carbocycles. The molecule has 2 N–H and O–H groups in total. The predicted molar refractivity (Wildman–Crippen MR) is 94.3 cm³/mol. The van der Waals surface area contributed by atoms with Crippen molar-refractivity contribution in [2.45, 2.75) is 19.4 Å². The smallest absolute Gasteiger partial charge is 0.256 e. The highest BCUT2D eigenvalue weighted by Crippen LogP contribution is 2.14. The molecule has 0 atom stereocenters. The molecule has 2 rings (SSSR count). The third kappa shape index (κ3) is 6.26. The Labute approximate surface area is 146 Å². The van der Waals surface area contributed by atoms with Gasteiger partial charge < -0.3 is 19.9 Å². The normalized spacial score (nSPS) is 10.6. The van der Waals surface area contributed by atoms with Gasteiger partial charge in [0.1, 0.15) is 22.9 Å². The number of anilines is 1. The van der Waals surface area contributed by atoms with E-state index in [-0.39, 0.29) is 12.7 Å². The monoisotopic (exact) mass is 340 g/mol. The number of hydrogen-bond acceptors (Lipinski definition) is 5. The molecule has 0 aliphatic heterocycles. The number of ether oxygens (including phenoxy) is 2. The summed E-state index contributed by atoms with van der Waals surface area (Å²) in [6, 6.07) is 11.8. The number of rotatable bonds is 5. The summed E-state index contributed by atoms with van der Waals surface area (Å²) in [6.07, 6.45) is 0. The summed E-state index contributed by atoms with van der Waals surface area (Å²) >= 11 is 0. The first kappa shape index (κ1) is 18.5. The molecule has 1 amide bonds.